The van der Waals surface area contributed by atoms with Crippen molar-refractivity contribution in [3.8, 4) is 0 Å². The summed E-state index contributed by atoms with van der Waals surface area (Å²) in [6, 6.07) is 0. The smallest absolute Gasteiger partial charge is 0.240 e. The van der Waals surface area contributed by atoms with Crippen LogP contribution in [0.5, 0.6) is 0 Å². The molecule has 0 aromatic rings. The first-order valence-electron chi connectivity index (χ1n) is 4.83. The summed E-state index contributed by atoms with van der Waals surface area (Å²) in [7, 11) is 1.60. The molecule has 1 heterocycles. The normalized spacial score (nSPS) is 20.4. The summed E-state index contributed by atoms with van der Waals surface area (Å²) in [6.45, 7) is 2.15. The van der Waals surface area contributed by atoms with Crippen LogP contribution < -0.4 is 11.1 Å². The average molecular weight is 202 g/mol. The van der Waals surface area contributed by atoms with Gasteiger partial charge in [0.1, 0.15) is 0 Å². The van der Waals surface area contributed by atoms with E-state index in [2.05, 4.69) is 5.32 Å². The maximum absolute atomic E-state index is 11.6. The number of amides is 1. The third kappa shape index (κ3) is 2.94. The Morgan fingerprint density at radius 1 is 1.57 bits per heavy atom. The van der Waals surface area contributed by atoms with Gasteiger partial charge in [-0.05, 0) is 12.8 Å². The fourth-order valence-corrected chi connectivity index (χ4v) is 1.41. The molecule has 1 amide bonds. The lowest BCUT2D eigenvalue weighted by Crippen LogP contribution is -2.57. The fourth-order valence-electron chi connectivity index (χ4n) is 1.41. The van der Waals surface area contributed by atoms with Crippen LogP contribution >= 0.6 is 0 Å². The van der Waals surface area contributed by atoms with Gasteiger partial charge in [0, 0.05) is 26.9 Å². The summed E-state index contributed by atoms with van der Waals surface area (Å²) in [5, 5.41) is 2.75. The molecule has 5 heteroatoms. The summed E-state index contributed by atoms with van der Waals surface area (Å²) in [5.74, 6) is -0.0992. The van der Waals surface area contributed by atoms with Gasteiger partial charge in [-0.3, -0.25) is 4.79 Å². The fraction of sp³-hybridized carbons (Fsp3) is 0.889. The standard InChI is InChI=1S/C9H18N2O3/c1-13-7-4-11-8(12)9(10)2-5-14-6-3-9/h2-7,10H2,1H3,(H,11,12). The first-order chi connectivity index (χ1) is 6.69. The van der Waals surface area contributed by atoms with Gasteiger partial charge in [0.15, 0.2) is 0 Å². The molecule has 0 radical (unpaired) electrons. The third-order valence-electron chi connectivity index (χ3n) is 2.43. The Bertz CT molecular complexity index is 190. The Hall–Kier alpha value is -0.650. The molecule has 3 N–H and O–H groups in total. The monoisotopic (exact) mass is 202 g/mol. The van der Waals surface area contributed by atoms with E-state index in [4.69, 9.17) is 15.2 Å². The van der Waals surface area contributed by atoms with Gasteiger partial charge in [-0.2, -0.15) is 0 Å². The quantitative estimate of drug-likeness (QED) is 0.589. The molecular weight excluding hydrogens is 184 g/mol. The van der Waals surface area contributed by atoms with Crippen molar-refractivity contribution in [3.05, 3.63) is 0 Å². The molecule has 82 valence electrons. The van der Waals surface area contributed by atoms with Crippen molar-refractivity contribution in [1.82, 2.24) is 5.32 Å². The second kappa shape index (κ2) is 5.29. The molecule has 0 saturated carbocycles. The van der Waals surface area contributed by atoms with Crippen LogP contribution in [0, 0.1) is 0 Å². The van der Waals surface area contributed by atoms with Crippen LogP contribution in [-0.2, 0) is 14.3 Å². The zero-order chi connectivity index (χ0) is 10.4. The summed E-state index contributed by atoms with van der Waals surface area (Å²) < 4.78 is 9.99. The summed E-state index contributed by atoms with van der Waals surface area (Å²) in [6.07, 6.45) is 1.18. The van der Waals surface area contributed by atoms with E-state index in [9.17, 15) is 4.79 Å². The van der Waals surface area contributed by atoms with Gasteiger partial charge >= 0.3 is 0 Å². The van der Waals surface area contributed by atoms with Crippen molar-refractivity contribution in [2.45, 2.75) is 18.4 Å². The number of methoxy groups -OCH3 is 1. The molecule has 0 spiro atoms. The zero-order valence-electron chi connectivity index (χ0n) is 8.54. The lowest BCUT2D eigenvalue weighted by Gasteiger charge is -2.31. The van der Waals surface area contributed by atoms with E-state index >= 15 is 0 Å². The lowest BCUT2D eigenvalue weighted by molar-refractivity contribution is -0.129. The molecule has 0 bridgehead atoms. The van der Waals surface area contributed by atoms with Crippen LogP contribution in [0.25, 0.3) is 0 Å². The van der Waals surface area contributed by atoms with E-state index in [0.29, 0.717) is 39.2 Å². The summed E-state index contributed by atoms with van der Waals surface area (Å²) in [5.41, 5.74) is 5.21. The number of nitrogens with two attached hydrogens (primary N) is 1. The number of nitrogens with one attached hydrogen (secondary N) is 1. The Kier molecular flexibility index (Phi) is 4.31. The minimum atomic E-state index is -0.744. The molecule has 0 aliphatic carbocycles. The molecule has 1 aliphatic heterocycles. The van der Waals surface area contributed by atoms with Crippen LogP contribution in [0.4, 0.5) is 0 Å². The van der Waals surface area contributed by atoms with Gasteiger partial charge in [0.05, 0.1) is 12.1 Å². The van der Waals surface area contributed by atoms with E-state index in [1.165, 1.54) is 0 Å². The van der Waals surface area contributed by atoms with Gasteiger partial charge in [0.25, 0.3) is 0 Å². The van der Waals surface area contributed by atoms with Crippen LogP contribution in [0.2, 0.25) is 0 Å². The van der Waals surface area contributed by atoms with E-state index in [-0.39, 0.29) is 5.91 Å². The Morgan fingerprint density at radius 2 is 2.21 bits per heavy atom. The number of hydrogen-bond donors (Lipinski definition) is 2. The summed E-state index contributed by atoms with van der Waals surface area (Å²) in [4.78, 5) is 11.6. The van der Waals surface area contributed by atoms with Crippen molar-refractivity contribution in [2.75, 3.05) is 33.5 Å². The van der Waals surface area contributed by atoms with Gasteiger partial charge in [-0.15, -0.1) is 0 Å². The van der Waals surface area contributed by atoms with E-state index in [1.54, 1.807) is 7.11 Å². The first kappa shape index (κ1) is 11.4. The van der Waals surface area contributed by atoms with Crippen LogP contribution in [0.3, 0.4) is 0 Å². The van der Waals surface area contributed by atoms with Gasteiger partial charge in [0.2, 0.25) is 5.91 Å². The number of ether oxygens (including phenoxy) is 2. The largest absolute Gasteiger partial charge is 0.383 e. The molecular formula is C9H18N2O3. The molecule has 5 nitrogen and oxygen atoms in total. The topological polar surface area (TPSA) is 73.6 Å². The molecule has 1 fully saturated rings. The zero-order valence-corrected chi connectivity index (χ0v) is 8.54. The van der Waals surface area contributed by atoms with Crippen molar-refractivity contribution < 1.29 is 14.3 Å². The van der Waals surface area contributed by atoms with Crippen molar-refractivity contribution in [1.29, 1.82) is 0 Å². The van der Waals surface area contributed by atoms with Crippen LogP contribution in [0.1, 0.15) is 12.8 Å². The number of hydrogen-bond acceptors (Lipinski definition) is 4. The third-order valence-corrected chi connectivity index (χ3v) is 2.43. The highest BCUT2D eigenvalue weighted by molar-refractivity contribution is 5.86. The summed E-state index contributed by atoms with van der Waals surface area (Å²) >= 11 is 0. The van der Waals surface area contributed by atoms with Crippen molar-refractivity contribution in [3.63, 3.8) is 0 Å². The number of carbonyl (C=O) groups excluding carboxylic acids is 1. The second-order valence-corrected chi connectivity index (χ2v) is 3.52. The van der Waals surface area contributed by atoms with Crippen molar-refractivity contribution >= 4 is 5.91 Å². The Morgan fingerprint density at radius 3 is 2.79 bits per heavy atom. The van der Waals surface area contributed by atoms with E-state index in [0.717, 1.165) is 0 Å². The van der Waals surface area contributed by atoms with E-state index in [1.807, 2.05) is 0 Å². The molecule has 14 heavy (non-hydrogen) atoms. The molecule has 1 saturated heterocycles. The predicted octanol–water partition coefficient (Wildman–Crippen LogP) is -0.743. The predicted molar refractivity (Wildman–Crippen MR) is 51.9 cm³/mol. The number of carbonyl (C=O) groups is 1. The molecule has 0 unspecified atom stereocenters. The molecule has 0 aromatic carbocycles. The Labute approximate surface area is 83.9 Å². The molecule has 0 atom stereocenters. The number of rotatable bonds is 4. The van der Waals surface area contributed by atoms with Crippen LogP contribution in [0.15, 0.2) is 0 Å². The first-order valence-corrected chi connectivity index (χ1v) is 4.83. The van der Waals surface area contributed by atoms with Gasteiger partial charge in [-0.1, -0.05) is 0 Å². The second-order valence-electron chi connectivity index (χ2n) is 3.52. The lowest BCUT2D eigenvalue weighted by atomic mass is 9.90. The van der Waals surface area contributed by atoms with E-state index < -0.39 is 5.54 Å². The van der Waals surface area contributed by atoms with Gasteiger partial charge < -0.3 is 20.5 Å². The average Bonchev–Trinajstić information content (AvgIpc) is 2.19. The molecule has 0 aromatic heterocycles. The van der Waals surface area contributed by atoms with Crippen molar-refractivity contribution in [2.24, 2.45) is 5.73 Å². The van der Waals surface area contributed by atoms with Crippen LogP contribution in [-0.4, -0.2) is 44.9 Å². The van der Waals surface area contributed by atoms with Gasteiger partial charge in [-0.25, -0.2) is 0 Å². The highest BCUT2D eigenvalue weighted by atomic mass is 16.5. The molecule has 1 aliphatic rings. The highest BCUT2D eigenvalue weighted by Gasteiger charge is 2.35. The maximum atomic E-state index is 11.6. The maximum Gasteiger partial charge on any atom is 0.240 e. The highest BCUT2D eigenvalue weighted by Crippen LogP contribution is 2.17. The molecule has 1 rings (SSSR count). The Balaban J connectivity index is 2.33. The minimum Gasteiger partial charge on any atom is -0.383 e. The minimum absolute atomic E-state index is 0.0992. The SMILES string of the molecule is COCCNC(=O)C1(N)CCOCC1.